The zero-order valence-corrected chi connectivity index (χ0v) is 12.0. The van der Waals surface area contributed by atoms with Crippen molar-refractivity contribution >= 4 is 10.0 Å². The average Bonchev–Trinajstić information content (AvgIpc) is 2.91. The van der Waals surface area contributed by atoms with E-state index in [4.69, 9.17) is 4.42 Å². The zero-order chi connectivity index (χ0) is 15.5. The van der Waals surface area contributed by atoms with E-state index < -0.39 is 21.7 Å². The van der Waals surface area contributed by atoms with Gasteiger partial charge in [0.15, 0.2) is 0 Å². The van der Waals surface area contributed by atoms with Crippen LogP contribution in [0.1, 0.15) is 11.3 Å². The zero-order valence-electron chi connectivity index (χ0n) is 11.2. The summed E-state index contributed by atoms with van der Waals surface area (Å²) in [7, 11) is -2.33. The first-order valence-corrected chi connectivity index (χ1v) is 7.57. The third-order valence-corrected chi connectivity index (χ3v) is 4.09. The van der Waals surface area contributed by atoms with Crippen LogP contribution in [0.5, 0.6) is 0 Å². The average molecular weight is 316 g/mol. The van der Waals surface area contributed by atoms with E-state index in [2.05, 4.69) is 10.0 Å². The molecule has 0 unspecified atom stereocenters. The molecule has 0 aliphatic rings. The second-order valence-electron chi connectivity index (χ2n) is 4.27. The summed E-state index contributed by atoms with van der Waals surface area (Å²) in [5.74, 6) is -0.879. The summed E-state index contributed by atoms with van der Waals surface area (Å²) in [5.41, 5.74) is 0.311. The van der Waals surface area contributed by atoms with Crippen molar-refractivity contribution in [2.75, 3.05) is 7.05 Å². The quantitative estimate of drug-likeness (QED) is 0.852. The number of hydrogen-bond acceptors (Lipinski definition) is 4. The molecular weight excluding hydrogens is 302 g/mol. The van der Waals surface area contributed by atoms with E-state index in [9.17, 15) is 17.2 Å². The van der Waals surface area contributed by atoms with E-state index in [-0.39, 0.29) is 18.2 Å². The molecule has 0 aliphatic carbocycles. The minimum absolute atomic E-state index is 0.168. The Bertz CT molecular complexity index is 729. The Morgan fingerprint density at radius 3 is 2.57 bits per heavy atom. The van der Waals surface area contributed by atoms with Gasteiger partial charge in [0.2, 0.25) is 5.09 Å². The maximum Gasteiger partial charge on any atom is 0.273 e. The Hall–Kier alpha value is -1.77. The number of halogens is 2. The molecule has 0 radical (unpaired) electrons. The number of nitrogens with one attached hydrogen (secondary N) is 2. The fraction of sp³-hybridized carbons (Fsp3) is 0.231. The molecule has 114 valence electrons. The Morgan fingerprint density at radius 1 is 1.14 bits per heavy atom. The molecule has 1 aromatic carbocycles. The van der Waals surface area contributed by atoms with Gasteiger partial charge in [-0.3, -0.25) is 0 Å². The molecule has 8 heteroatoms. The number of benzene rings is 1. The lowest BCUT2D eigenvalue weighted by molar-refractivity contribution is 0.399. The van der Waals surface area contributed by atoms with Crippen molar-refractivity contribution < 1.29 is 21.6 Å². The van der Waals surface area contributed by atoms with Crippen molar-refractivity contribution in [3.8, 4) is 0 Å². The van der Waals surface area contributed by atoms with Gasteiger partial charge in [-0.05, 0) is 25.2 Å². The highest BCUT2D eigenvalue weighted by Gasteiger charge is 2.16. The van der Waals surface area contributed by atoms with Gasteiger partial charge in [-0.1, -0.05) is 6.07 Å². The van der Waals surface area contributed by atoms with Gasteiger partial charge in [0.25, 0.3) is 10.0 Å². The summed E-state index contributed by atoms with van der Waals surface area (Å²) in [5, 5.41) is 2.70. The predicted octanol–water partition coefficient (Wildman–Crippen LogP) is 1.76. The molecule has 0 saturated heterocycles. The predicted molar refractivity (Wildman–Crippen MR) is 71.9 cm³/mol. The van der Waals surface area contributed by atoms with Gasteiger partial charge in [-0.15, -0.1) is 0 Å². The second kappa shape index (κ2) is 6.33. The van der Waals surface area contributed by atoms with Crippen molar-refractivity contribution in [1.82, 2.24) is 10.0 Å². The molecule has 0 saturated carbocycles. The van der Waals surface area contributed by atoms with E-state index >= 15 is 0 Å². The van der Waals surface area contributed by atoms with Crippen LogP contribution in [0.3, 0.4) is 0 Å². The molecule has 2 aromatic rings. The van der Waals surface area contributed by atoms with Crippen LogP contribution in [-0.4, -0.2) is 15.5 Å². The summed E-state index contributed by atoms with van der Waals surface area (Å²) in [6, 6.07) is 6.17. The Labute approximate surface area is 121 Å². The molecule has 0 bridgehead atoms. The minimum atomic E-state index is -3.61. The third kappa shape index (κ3) is 3.87. The summed E-state index contributed by atoms with van der Waals surface area (Å²) >= 11 is 0. The van der Waals surface area contributed by atoms with Crippen LogP contribution < -0.4 is 10.0 Å². The lowest BCUT2D eigenvalue weighted by Crippen LogP contribution is -2.18. The molecule has 5 nitrogen and oxygen atoms in total. The Morgan fingerprint density at radius 2 is 1.90 bits per heavy atom. The fourth-order valence-electron chi connectivity index (χ4n) is 1.68. The van der Waals surface area contributed by atoms with Gasteiger partial charge in [0.1, 0.15) is 17.4 Å². The van der Waals surface area contributed by atoms with Crippen molar-refractivity contribution in [1.29, 1.82) is 0 Å². The Balaban J connectivity index is 1.95. The van der Waals surface area contributed by atoms with Crippen LogP contribution in [0.15, 0.2) is 39.8 Å². The highest BCUT2D eigenvalue weighted by molar-refractivity contribution is 7.89. The molecule has 0 fully saturated rings. The van der Waals surface area contributed by atoms with E-state index in [1.54, 1.807) is 0 Å². The van der Waals surface area contributed by atoms with Crippen molar-refractivity contribution in [3.05, 3.63) is 53.3 Å². The highest BCUT2D eigenvalue weighted by Crippen LogP contribution is 2.14. The first kappa shape index (κ1) is 15.6. The van der Waals surface area contributed by atoms with Crippen LogP contribution in [0, 0.1) is 11.6 Å². The van der Waals surface area contributed by atoms with Gasteiger partial charge in [0, 0.05) is 18.2 Å². The van der Waals surface area contributed by atoms with Crippen LogP contribution in [0.2, 0.25) is 0 Å². The van der Waals surface area contributed by atoms with E-state index in [1.165, 1.54) is 31.3 Å². The lowest BCUT2D eigenvalue weighted by atomic mass is 10.2. The van der Waals surface area contributed by atoms with Crippen LogP contribution in [-0.2, 0) is 23.1 Å². The van der Waals surface area contributed by atoms with E-state index in [0.29, 0.717) is 11.3 Å². The van der Waals surface area contributed by atoms with Crippen molar-refractivity contribution in [3.63, 3.8) is 0 Å². The molecular formula is C13H14F2N2O3S. The van der Waals surface area contributed by atoms with Gasteiger partial charge >= 0.3 is 0 Å². The summed E-state index contributed by atoms with van der Waals surface area (Å²) in [6.45, 7) is 0.386. The van der Waals surface area contributed by atoms with Gasteiger partial charge in [-0.2, -0.15) is 0 Å². The number of furan rings is 1. The largest absolute Gasteiger partial charge is 0.447 e. The van der Waals surface area contributed by atoms with E-state index in [1.807, 2.05) is 0 Å². The number of sulfonamides is 1. The lowest BCUT2D eigenvalue weighted by Gasteiger charge is -2.04. The van der Waals surface area contributed by atoms with Gasteiger partial charge in [0.05, 0.1) is 6.54 Å². The molecule has 0 spiro atoms. The van der Waals surface area contributed by atoms with Crippen LogP contribution in [0.4, 0.5) is 8.78 Å². The van der Waals surface area contributed by atoms with E-state index in [0.717, 1.165) is 6.07 Å². The standard InChI is InChI=1S/C13H14F2N2O3S/c1-16-21(18,19)13-5-4-11(20-13)8-17-7-9-2-3-10(14)6-12(9)15/h2-6,16-17H,7-8H2,1H3. The molecule has 1 aromatic heterocycles. The van der Waals surface area contributed by atoms with Crippen LogP contribution >= 0.6 is 0 Å². The fourth-order valence-corrected chi connectivity index (χ4v) is 2.35. The first-order valence-electron chi connectivity index (χ1n) is 6.09. The molecule has 2 rings (SSSR count). The molecule has 1 heterocycles. The molecule has 2 N–H and O–H groups in total. The van der Waals surface area contributed by atoms with Gasteiger partial charge in [-0.25, -0.2) is 21.9 Å². The maximum absolute atomic E-state index is 13.4. The molecule has 0 aliphatic heterocycles. The topological polar surface area (TPSA) is 71.3 Å². The first-order chi connectivity index (χ1) is 9.92. The highest BCUT2D eigenvalue weighted by atomic mass is 32.2. The van der Waals surface area contributed by atoms with Gasteiger partial charge < -0.3 is 9.73 Å². The monoisotopic (exact) mass is 316 g/mol. The second-order valence-corrected chi connectivity index (χ2v) is 6.09. The Kier molecular flexibility index (Phi) is 4.71. The van der Waals surface area contributed by atoms with Crippen molar-refractivity contribution in [2.24, 2.45) is 0 Å². The number of rotatable bonds is 6. The maximum atomic E-state index is 13.4. The summed E-state index contributed by atoms with van der Waals surface area (Å²) in [4.78, 5) is 0. The third-order valence-electron chi connectivity index (χ3n) is 2.80. The molecule has 0 amide bonds. The molecule has 21 heavy (non-hydrogen) atoms. The van der Waals surface area contributed by atoms with Crippen molar-refractivity contribution in [2.45, 2.75) is 18.2 Å². The number of hydrogen-bond donors (Lipinski definition) is 2. The molecule has 0 atom stereocenters. The SMILES string of the molecule is CNS(=O)(=O)c1ccc(CNCc2ccc(F)cc2F)o1. The summed E-state index contributed by atoms with van der Waals surface area (Å²) < 4.78 is 56.4. The minimum Gasteiger partial charge on any atom is -0.447 e. The summed E-state index contributed by atoms with van der Waals surface area (Å²) in [6.07, 6.45) is 0. The normalized spacial score (nSPS) is 11.8. The van der Waals surface area contributed by atoms with Crippen LogP contribution in [0.25, 0.3) is 0 Å². The smallest absolute Gasteiger partial charge is 0.273 e.